The van der Waals surface area contributed by atoms with E-state index in [0.717, 1.165) is 28.6 Å². The molecule has 0 aliphatic rings. The van der Waals surface area contributed by atoms with Gasteiger partial charge in [-0.05, 0) is 29.7 Å². The second kappa shape index (κ2) is 6.30. The molecule has 0 saturated carbocycles. The Hall–Kier alpha value is -2.82. The van der Waals surface area contributed by atoms with Crippen LogP contribution < -0.4 is 11.0 Å². The van der Waals surface area contributed by atoms with Crippen LogP contribution in [0.25, 0.3) is 11.0 Å². The number of fused-ring (bicyclic) bond motifs is 1. The molecule has 5 heteroatoms. The Bertz CT molecular complexity index is 834. The minimum Gasteiger partial charge on any atom is -0.355 e. The smallest absolute Gasteiger partial charge is 0.323 e. The molecular formula is C17H17N3O2. The highest BCUT2D eigenvalue weighted by Gasteiger charge is 2.03. The van der Waals surface area contributed by atoms with Gasteiger partial charge in [0.1, 0.15) is 0 Å². The molecule has 0 fully saturated rings. The third-order valence-corrected chi connectivity index (χ3v) is 3.52. The third-order valence-electron chi connectivity index (χ3n) is 3.52. The van der Waals surface area contributed by atoms with Crippen molar-refractivity contribution in [1.29, 1.82) is 0 Å². The van der Waals surface area contributed by atoms with Gasteiger partial charge < -0.3 is 15.3 Å². The molecule has 3 aromatic rings. The molecule has 0 unspecified atom stereocenters. The van der Waals surface area contributed by atoms with E-state index in [2.05, 4.69) is 15.3 Å². The molecule has 2 aromatic carbocycles. The van der Waals surface area contributed by atoms with E-state index < -0.39 is 0 Å². The maximum atomic E-state index is 11.9. The summed E-state index contributed by atoms with van der Waals surface area (Å²) in [5.41, 5.74) is 3.46. The number of carbonyl (C=O) groups excluding carboxylic acids is 1. The summed E-state index contributed by atoms with van der Waals surface area (Å²) in [6.07, 6.45) is 1.12. The highest BCUT2D eigenvalue weighted by molar-refractivity contribution is 5.78. The van der Waals surface area contributed by atoms with Gasteiger partial charge in [0.15, 0.2) is 0 Å². The zero-order valence-electron chi connectivity index (χ0n) is 12.1. The number of nitrogens with one attached hydrogen (secondary N) is 3. The number of carbonyl (C=O) groups is 1. The minimum atomic E-state index is -0.205. The predicted octanol–water partition coefficient (Wildman–Crippen LogP) is 1.76. The van der Waals surface area contributed by atoms with Crippen molar-refractivity contribution in [3.8, 4) is 0 Å². The van der Waals surface area contributed by atoms with Crippen molar-refractivity contribution in [3.63, 3.8) is 0 Å². The van der Waals surface area contributed by atoms with Crippen LogP contribution in [0, 0.1) is 0 Å². The quantitative estimate of drug-likeness (QED) is 0.670. The third kappa shape index (κ3) is 3.44. The van der Waals surface area contributed by atoms with Gasteiger partial charge in [-0.25, -0.2) is 4.79 Å². The van der Waals surface area contributed by atoms with E-state index in [1.807, 2.05) is 48.5 Å². The van der Waals surface area contributed by atoms with Crippen LogP contribution >= 0.6 is 0 Å². The first-order chi connectivity index (χ1) is 10.7. The molecule has 0 spiro atoms. The first-order valence-corrected chi connectivity index (χ1v) is 7.22. The van der Waals surface area contributed by atoms with Crippen LogP contribution in [0.5, 0.6) is 0 Å². The molecule has 3 N–H and O–H groups in total. The number of H-pyrrole nitrogens is 2. The number of hydrogen-bond donors (Lipinski definition) is 3. The summed E-state index contributed by atoms with van der Waals surface area (Å²) >= 11 is 0. The number of imidazole rings is 1. The number of aromatic amines is 2. The normalized spacial score (nSPS) is 10.7. The first-order valence-electron chi connectivity index (χ1n) is 7.22. The van der Waals surface area contributed by atoms with Crippen LogP contribution in [-0.2, 0) is 17.6 Å². The molecule has 1 aromatic heterocycles. The summed E-state index contributed by atoms with van der Waals surface area (Å²) in [6.45, 7) is 0.575. The van der Waals surface area contributed by atoms with Gasteiger partial charge in [-0.2, -0.15) is 0 Å². The SMILES string of the molecule is O=C(Cc1ccccc1)NCCc1ccc2[nH]c(=O)[nH]c2c1. The summed E-state index contributed by atoms with van der Waals surface area (Å²) in [5, 5.41) is 2.91. The molecule has 0 atom stereocenters. The van der Waals surface area contributed by atoms with Gasteiger partial charge in [-0.15, -0.1) is 0 Å². The summed E-state index contributed by atoms with van der Waals surface area (Å²) in [5.74, 6) is 0.0160. The molecule has 1 heterocycles. The van der Waals surface area contributed by atoms with Gasteiger partial charge in [0, 0.05) is 6.54 Å². The van der Waals surface area contributed by atoms with Crippen molar-refractivity contribution in [2.24, 2.45) is 0 Å². The van der Waals surface area contributed by atoms with Crippen LogP contribution in [0.4, 0.5) is 0 Å². The molecule has 5 nitrogen and oxygen atoms in total. The maximum absolute atomic E-state index is 11.9. The van der Waals surface area contributed by atoms with Crippen LogP contribution in [0.1, 0.15) is 11.1 Å². The topological polar surface area (TPSA) is 77.8 Å². The molecule has 0 bridgehead atoms. The largest absolute Gasteiger partial charge is 0.355 e. The van der Waals surface area contributed by atoms with Crippen molar-refractivity contribution in [2.75, 3.05) is 6.54 Å². The number of rotatable bonds is 5. The highest BCUT2D eigenvalue weighted by Crippen LogP contribution is 2.10. The fourth-order valence-electron chi connectivity index (χ4n) is 2.43. The van der Waals surface area contributed by atoms with Crippen molar-refractivity contribution < 1.29 is 4.79 Å². The van der Waals surface area contributed by atoms with E-state index in [-0.39, 0.29) is 11.6 Å². The minimum absolute atomic E-state index is 0.0160. The Morgan fingerprint density at radius 2 is 1.73 bits per heavy atom. The van der Waals surface area contributed by atoms with E-state index in [1.165, 1.54) is 0 Å². The summed E-state index contributed by atoms with van der Waals surface area (Å²) in [4.78, 5) is 28.5. The number of amides is 1. The Kier molecular flexibility index (Phi) is 4.05. The molecule has 0 radical (unpaired) electrons. The molecule has 0 aliphatic heterocycles. The number of aromatic nitrogens is 2. The Labute approximate surface area is 127 Å². The Balaban J connectivity index is 1.53. The first kappa shape index (κ1) is 14.1. The predicted molar refractivity (Wildman–Crippen MR) is 85.8 cm³/mol. The molecule has 3 rings (SSSR count). The van der Waals surface area contributed by atoms with E-state index in [1.54, 1.807) is 0 Å². The van der Waals surface area contributed by atoms with Crippen LogP contribution in [0.15, 0.2) is 53.3 Å². The lowest BCUT2D eigenvalue weighted by Crippen LogP contribution is -2.27. The monoisotopic (exact) mass is 295 g/mol. The molecule has 0 saturated heterocycles. The Morgan fingerprint density at radius 1 is 0.955 bits per heavy atom. The van der Waals surface area contributed by atoms with Gasteiger partial charge in [-0.1, -0.05) is 36.4 Å². The van der Waals surface area contributed by atoms with E-state index in [9.17, 15) is 9.59 Å². The molecule has 112 valence electrons. The van der Waals surface area contributed by atoms with Gasteiger partial charge in [-0.3, -0.25) is 4.79 Å². The standard InChI is InChI=1S/C17H17N3O2/c21-16(11-12-4-2-1-3-5-12)18-9-8-13-6-7-14-15(10-13)20-17(22)19-14/h1-7,10H,8-9,11H2,(H,18,21)(H2,19,20,22). The van der Waals surface area contributed by atoms with Gasteiger partial charge in [0.25, 0.3) is 0 Å². The number of benzene rings is 2. The molecule has 1 amide bonds. The lowest BCUT2D eigenvalue weighted by Gasteiger charge is -2.05. The lowest BCUT2D eigenvalue weighted by atomic mass is 10.1. The van der Waals surface area contributed by atoms with Gasteiger partial charge in [0.2, 0.25) is 5.91 Å². The van der Waals surface area contributed by atoms with Crippen LogP contribution in [0.2, 0.25) is 0 Å². The van der Waals surface area contributed by atoms with Crippen molar-refractivity contribution in [3.05, 3.63) is 70.1 Å². The molecular weight excluding hydrogens is 278 g/mol. The van der Waals surface area contributed by atoms with Gasteiger partial charge in [0.05, 0.1) is 17.5 Å². The van der Waals surface area contributed by atoms with Crippen molar-refractivity contribution in [1.82, 2.24) is 15.3 Å². The average molecular weight is 295 g/mol. The molecule has 0 aliphatic carbocycles. The summed E-state index contributed by atoms with van der Waals surface area (Å²) in [6, 6.07) is 15.4. The second-order valence-corrected chi connectivity index (χ2v) is 5.22. The van der Waals surface area contributed by atoms with Crippen LogP contribution in [-0.4, -0.2) is 22.4 Å². The van der Waals surface area contributed by atoms with Crippen LogP contribution in [0.3, 0.4) is 0 Å². The second-order valence-electron chi connectivity index (χ2n) is 5.22. The van der Waals surface area contributed by atoms with E-state index >= 15 is 0 Å². The summed E-state index contributed by atoms with van der Waals surface area (Å²) < 4.78 is 0. The zero-order valence-corrected chi connectivity index (χ0v) is 12.1. The highest BCUT2D eigenvalue weighted by atomic mass is 16.1. The Morgan fingerprint density at radius 3 is 2.55 bits per heavy atom. The summed E-state index contributed by atoms with van der Waals surface area (Å²) in [7, 11) is 0. The average Bonchev–Trinajstić information content (AvgIpc) is 2.87. The van der Waals surface area contributed by atoms with E-state index in [0.29, 0.717) is 13.0 Å². The number of hydrogen-bond acceptors (Lipinski definition) is 2. The van der Waals surface area contributed by atoms with Crippen molar-refractivity contribution >= 4 is 16.9 Å². The van der Waals surface area contributed by atoms with Crippen molar-refractivity contribution in [2.45, 2.75) is 12.8 Å². The fraction of sp³-hybridized carbons (Fsp3) is 0.176. The van der Waals surface area contributed by atoms with E-state index in [4.69, 9.17) is 0 Å². The maximum Gasteiger partial charge on any atom is 0.323 e. The fourth-order valence-corrected chi connectivity index (χ4v) is 2.43. The molecule has 22 heavy (non-hydrogen) atoms. The zero-order chi connectivity index (χ0) is 15.4. The van der Waals surface area contributed by atoms with Gasteiger partial charge >= 0.3 is 5.69 Å². The lowest BCUT2D eigenvalue weighted by molar-refractivity contribution is -0.120.